The van der Waals surface area contributed by atoms with E-state index < -0.39 is 6.10 Å². The summed E-state index contributed by atoms with van der Waals surface area (Å²) in [5.41, 5.74) is 0.965. The van der Waals surface area contributed by atoms with Crippen LogP contribution in [0.3, 0.4) is 0 Å². The van der Waals surface area contributed by atoms with E-state index >= 15 is 0 Å². The van der Waals surface area contributed by atoms with Gasteiger partial charge in [0.15, 0.2) is 11.5 Å². The van der Waals surface area contributed by atoms with Crippen molar-refractivity contribution in [2.45, 2.75) is 51.4 Å². The summed E-state index contributed by atoms with van der Waals surface area (Å²) in [5, 5.41) is 13.9. The fourth-order valence-electron chi connectivity index (χ4n) is 2.63. The molecule has 4 nitrogen and oxygen atoms in total. The zero-order chi connectivity index (χ0) is 15.2. The molecule has 118 valence electrons. The number of benzene rings is 1. The van der Waals surface area contributed by atoms with Crippen LogP contribution in [0, 0.1) is 0 Å². The van der Waals surface area contributed by atoms with Gasteiger partial charge in [0.2, 0.25) is 0 Å². The van der Waals surface area contributed by atoms with Crippen LogP contribution in [-0.4, -0.2) is 31.0 Å². The molecule has 0 aliphatic heterocycles. The lowest BCUT2D eigenvalue weighted by Crippen LogP contribution is -2.27. The Balaban J connectivity index is 2.22. The highest BCUT2D eigenvalue weighted by molar-refractivity contribution is 6.30. The summed E-state index contributed by atoms with van der Waals surface area (Å²) >= 11 is 6.15. The Bertz CT molecular complexity index is 467. The van der Waals surface area contributed by atoms with Gasteiger partial charge in [-0.25, -0.2) is 0 Å². The van der Waals surface area contributed by atoms with Crippen molar-refractivity contribution in [2.75, 3.05) is 13.7 Å². The summed E-state index contributed by atoms with van der Waals surface area (Å²) in [5.74, 6) is 1.31. The number of rotatable bonds is 7. The molecule has 0 bridgehead atoms. The van der Waals surface area contributed by atoms with E-state index in [2.05, 4.69) is 12.2 Å². The average molecular weight is 314 g/mol. The molecule has 2 N–H and O–H groups in total. The lowest BCUT2D eigenvalue weighted by Gasteiger charge is -2.22. The van der Waals surface area contributed by atoms with Gasteiger partial charge in [-0.15, -0.1) is 0 Å². The third-order valence-corrected chi connectivity index (χ3v) is 3.96. The topological polar surface area (TPSA) is 50.7 Å². The van der Waals surface area contributed by atoms with Gasteiger partial charge in [-0.2, -0.15) is 0 Å². The third kappa shape index (κ3) is 4.25. The molecule has 1 fully saturated rings. The molecule has 1 aromatic rings. The van der Waals surface area contributed by atoms with Gasteiger partial charge in [0.05, 0.1) is 13.2 Å². The van der Waals surface area contributed by atoms with Crippen LogP contribution in [0.4, 0.5) is 0 Å². The van der Waals surface area contributed by atoms with Gasteiger partial charge < -0.3 is 19.9 Å². The second-order valence-electron chi connectivity index (χ2n) is 5.43. The number of nitrogens with one attached hydrogen (secondary N) is 1. The first-order valence-electron chi connectivity index (χ1n) is 7.57. The predicted molar refractivity (Wildman–Crippen MR) is 84.3 cm³/mol. The van der Waals surface area contributed by atoms with Gasteiger partial charge in [-0.05, 0) is 38.3 Å². The van der Waals surface area contributed by atoms with E-state index in [-0.39, 0.29) is 6.10 Å². The van der Waals surface area contributed by atoms with E-state index in [1.54, 1.807) is 13.2 Å². The van der Waals surface area contributed by atoms with Crippen LogP contribution in [0.5, 0.6) is 11.5 Å². The molecule has 2 rings (SSSR count). The van der Waals surface area contributed by atoms with Crippen molar-refractivity contribution >= 4 is 11.6 Å². The van der Waals surface area contributed by atoms with Gasteiger partial charge >= 0.3 is 0 Å². The molecular formula is C16H24ClNO3. The molecule has 0 aromatic heterocycles. The number of aliphatic hydroxyl groups excluding tert-OH is 1. The number of aliphatic hydroxyl groups is 1. The largest absolute Gasteiger partial charge is 0.493 e. The maximum absolute atomic E-state index is 9.97. The van der Waals surface area contributed by atoms with Gasteiger partial charge in [0.1, 0.15) is 6.10 Å². The lowest BCUT2D eigenvalue weighted by atomic mass is 10.1. The summed E-state index contributed by atoms with van der Waals surface area (Å²) in [6.45, 7) is 3.72. The molecule has 0 spiro atoms. The van der Waals surface area contributed by atoms with Crippen LogP contribution in [0.2, 0.25) is 5.02 Å². The lowest BCUT2D eigenvalue weighted by molar-refractivity contribution is 0.0579. The summed E-state index contributed by atoms with van der Waals surface area (Å²) in [6, 6.07) is 3.64. The molecule has 5 heteroatoms. The number of hydrogen-bond donors (Lipinski definition) is 2. The summed E-state index contributed by atoms with van der Waals surface area (Å²) in [6.07, 6.45) is 3.16. The Kier molecular flexibility index (Phi) is 6.15. The van der Waals surface area contributed by atoms with E-state index in [9.17, 15) is 5.11 Å². The summed E-state index contributed by atoms with van der Waals surface area (Å²) < 4.78 is 11.5. The Morgan fingerprint density at radius 3 is 2.81 bits per heavy atom. The standard InChI is InChI=1S/C16H24ClNO3/c1-3-7-18-10-11-8-12(17)9-15(20-2)16(11)21-14-6-4-5-13(14)19/h8-9,13-14,18-19H,3-7,10H2,1-2H3. The second kappa shape index (κ2) is 7.87. The molecule has 1 aliphatic carbocycles. The molecule has 1 saturated carbocycles. The maximum atomic E-state index is 9.97. The Morgan fingerprint density at radius 1 is 1.38 bits per heavy atom. The number of halogens is 1. The summed E-state index contributed by atoms with van der Waals surface area (Å²) in [7, 11) is 1.60. The molecule has 0 heterocycles. The van der Waals surface area contributed by atoms with Crippen molar-refractivity contribution in [3.8, 4) is 11.5 Å². The summed E-state index contributed by atoms with van der Waals surface area (Å²) in [4.78, 5) is 0. The minimum atomic E-state index is -0.401. The van der Waals surface area contributed by atoms with Crippen molar-refractivity contribution in [2.24, 2.45) is 0 Å². The van der Waals surface area contributed by atoms with Gasteiger partial charge in [-0.3, -0.25) is 0 Å². The molecule has 2 atom stereocenters. The fraction of sp³-hybridized carbons (Fsp3) is 0.625. The van der Waals surface area contributed by atoms with Crippen molar-refractivity contribution in [1.82, 2.24) is 5.32 Å². The van der Waals surface area contributed by atoms with Crippen LogP contribution < -0.4 is 14.8 Å². The quantitative estimate of drug-likeness (QED) is 0.759. The molecule has 21 heavy (non-hydrogen) atoms. The van der Waals surface area contributed by atoms with E-state index in [1.165, 1.54) is 0 Å². The Hall–Kier alpha value is -0.970. The van der Waals surface area contributed by atoms with E-state index in [1.807, 2.05) is 6.07 Å². The van der Waals surface area contributed by atoms with E-state index in [4.69, 9.17) is 21.1 Å². The van der Waals surface area contributed by atoms with Crippen LogP contribution in [-0.2, 0) is 6.54 Å². The predicted octanol–water partition coefficient (Wildman–Crippen LogP) is 3.14. The minimum Gasteiger partial charge on any atom is -0.493 e. The first-order chi connectivity index (χ1) is 10.2. The highest BCUT2D eigenvalue weighted by Crippen LogP contribution is 2.37. The highest BCUT2D eigenvalue weighted by atomic mass is 35.5. The van der Waals surface area contributed by atoms with Gasteiger partial charge in [-0.1, -0.05) is 18.5 Å². The normalized spacial score (nSPS) is 21.5. The smallest absolute Gasteiger partial charge is 0.166 e. The molecular weight excluding hydrogens is 290 g/mol. The highest BCUT2D eigenvalue weighted by Gasteiger charge is 2.28. The van der Waals surface area contributed by atoms with Crippen LogP contribution in [0.25, 0.3) is 0 Å². The van der Waals surface area contributed by atoms with E-state index in [0.717, 1.165) is 37.8 Å². The molecule has 0 saturated heterocycles. The van der Waals surface area contributed by atoms with Crippen molar-refractivity contribution < 1.29 is 14.6 Å². The minimum absolute atomic E-state index is 0.162. The molecule has 2 unspecified atom stereocenters. The number of methoxy groups -OCH3 is 1. The molecule has 0 radical (unpaired) electrons. The molecule has 1 aliphatic rings. The monoisotopic (exact) mass is 313 g/mol. The Morgan fingerprint density at radius 2 is 2.19 bits per heavy atom. The van der Waals surface area contributed by atoms with Gasteiger partial charge in [0, 0.05) is 23.2 Å². The van der Waals surface area contributed by atoms with Crippen molar-refractivity contribution in [3.63, 3.8) is 0 Å². The molecule has 0 amide bonds. The Labute approximate surface area is 131 Å². The third-order valence-electron chi connectivity index (χ3n) is 3.75. The van der Waals surface area contributed by atoms with Gasteiger partial charge in [0.25, 0.3) is 0 Å². The second-order valence-corrected chi connectivity index (χ2v) is 5.86. The first kappa shape index (κ1) is 16.4. The van der Waals surface area contributed by atoms with Crippen molar-refractivity contribution in [3.05, 3.63) is 22.7 Å². The maximum Gasteiger partial charge on any atom is 0.166 e. The van der Waals surface area contributed by atoms with Crippen LogP contribution in [0.15, 0.2) is 12.1 Å². The number of hydrogen-bond acceptors (Lipinski definition) is 4. The number of ether oxygens (including phenoxy) is 2. The van der Waals surface area contributed by atoms with Crippen molar-refractivity contribution in [1.29, 1.82) is 0 Å². The zero-order valence-corrected chi connectivity index (χ0v) is 13.4. The SMILES string of the molecule is CCCNCc1cc(Cl)cc(OC)c1OC1CCCC1O. The van der Waals surface area contributed by atoms with Crippen LogP contribution in [0.1, 0.15) is 38.2 Å². The van der Waals surface area contributed by atoms with E-state index in [0.29, 0.717) is 23.1 Å². The average Bonchev–Trinajstić information content (AvgIpc) is 2.87. The first-order valence-corrected chi connectivity index (χ1v) is 7.95. The fourth-order valence-corrected chi connectivity index (χ4v) is 2.87. The van der Waals surface area contributed by atoms with Crippen LogP contribution >= 0.6 is 11.6 Å². The molecule has 1 aromatic carbocycles. The zero-order valence-electron chi connectivity index (χ0n) is 12.7.